The van der Waals surface area contributed by atoms with Crippen LogP contribution in [0.3, 0.4) is 0 Å². The molecule has 0 rings (SSSR count). The molecule has 2 unspecified atom stereocenters. The van der Waals surface area contributed by atoms with Crippen molar-refractivity contribution < 1.29 is 9.90 Å². The highest BCUT2D eigenvalue weighted by molar-refractivity contribution is 5.70. The Morgan fingerprint density at radius 1 is 1.50 bits per heavy atom. The smallest absolute Gasteiger partial charge is 0.307 e. The van der Waals surface area contributed by atoms with Crippen molar-refractivity contribution in [1.29, 1.82) is 0 Å². The molecule has 0 heterocycles. The van der Waals surface area contributed by atoms with Crippen LogP contribution in [0, 0.1) is 5.92 Å². The summed E-state index contributed by atoms with van der Waals surface area (Å²) >= 11 is 0. The Labute approximate surface area is 74.2 Å². The molecule has 0 spiro atoms. The van der Waals surface area contributed by atoms with E-state index >= 15 is 0 Å². The van der Waals surface area contributed by atoms with Gasteiger partial charge < -0.3 is 10.4 Å². The lowest BCUT2D eigenvalue weighted by molar-refractivity contribution is -0.141. The van der Waals surface area contributed by atoms with Crippen molar-refractivity contribution in [1.82, 2.24) is 5.32 Å². The van der Waals surface area contributed by atoms with Gasteiger partial charge in [-0.2, -0.15) is 0 Å². The number of carboxylic acids is 1. The quantitative estimate of drug-likeness (QED) is 0.598. The second-order valence-electron chi connectivity index (χ2n) is 3.22. The first-order valence-electron chi connectivity index (χ1n) is 4.55. The molecule has 0 radical (unpaired) electrons. The monoisotopic (exact) mass is 173 g/mol. The summed E-state index contributed by atoms with van der Waals surface area (Å²) in [5, 5.41) is 11.9. The SMILES string of the molecule is CCCCNC(C)C(C)C(=O)O. The molecule has 72 valence electrons. The molecule has 0 aromatic rings. The summed E-state index contributed by atoms with van der Waals surface area (Å²) in [4.78, 5) is 10.5. The second kappa shape index (κ2) is 6.00. The molecule has 2 atom stereocenters. The molecule has 0 aromatic heterocycles. The normalized spacial score (nSPS) is 15.6. The maximum Gasteiger partial charge on any atom is 0.307 e. The van der Waals surface area contributed by atoms with Crippen LogP contribution in [-0.4, -0.2) is 23.7 Å². The van der Waals surface area contributed by atoms with E-state index in [-0.39, 0.29) is 12.0 Å². The van der Waals surface area contributed by atoms with E-state index in [4.69, 9.17) is 5.11 Å². The minimum absolute atomic E-state index is 0.0639. The van der Waals surface area contributed by atoms with Crippen LogP contribution in [0.15, 0.2) is 0 Å². The zero-order valence-corrected chi connectivity index (χ0v) is 8.13. The van der Waals surface area contributed by atoms with Gasteiger partial charge >= 0.3 is 5.97 Å². The van der Waals surface area contributed by atoms with Gasteiger partial charge in [0.15, 0.2) is 0 Å². The lowest BCUT2D eigenvalue weighted by Gasteiger charge is -2.17. The van der Waals surface area contributed by atoms with Gasteiger partial charge in [-0.1, -0.05) is 20.3 Å². The molecule has 12 heavy (non-hydrogen) atoms. The van der Waals surface area contributed by atoms with Gasteiger partial charge in [0.05, 0.1) is 5.92 Å². The predicted molar refractivity (Wildman–Crippen MR) is 49.2 cm³/mol. The Hall–Kier alpha value is -0.570. The van der Waals surface area contributed by atoms with E-state index in [2.05, 4.69) is 12.2 Å². The summed E-state index contributed by atoms with van der Waals surface area (Å²) in [5.74, 6) is -1.03. The molecule has 3 nitrogen and oxygen atoms in total. The molecule has 0 fully saturated rings. The topological polar surface area (TPSA) is 49.3 Å². The molecule has 0 bridgehead atoms. The fraction of sp³-hybridized carbons (Fsp3) is 0.889. The van der Waals surface area contributed by atoms with Crippen LogP contribution in [0.4, 0.5) is 0 Å². The minimum Gasteiger partial charge on any atom is -0.481 e. The Morgan fingerprint density at radius 2 is 2.08 bits per heavy atom. The average molecular weight is 173 g/mol. The van der Waals surface area contributed by atoms with Crippen LogP contribution in [-0.2, 0) is 4.79 Å². The van der Waals surface area contributed by atoms with Crippen LogP contribution in [0.5, 0.6) is 0 Å². The third kappa shape index (κ3) is 4.34. The molecule has 0 aromatic carbocycles. The molecular formula is C9H19NO2. The first-order chi connectivity index (χ1) is 5.59. The molecule has 0 saturated carbocycles. The van der Waals surface area contributed by atoms with Crippen molar-refractivity contribution in [2.45, 2.75) is 39.7 Å². The van der Waals surface area contributed by atoms with E-state index in [1.165, 1.54) is 0 Å². The lowest BCUT2D eigenvalue weighted by Crippen LogP contribution is -2.36. The van der Waals surface area contributed by atoms with Crippen LogP contribution in [0.2, 0.25) is 0 Å². The highest BCUT2D eigenvalue weighted by atomic mass is 16.4. The van der Waals surface area contributed by atoms with E-state index in [0.717, 1.165) is 19.4 Å². The average Bonchev–Trinajstić information content (AvgIpc) is 2.03. The number of aliphatic carboxylic acids is 1. The summed E-state index contributed by atoms with van der Waals surface area (Å²) in [5.41, 5.74) is 0. The van der Waals surface area contributed by atoms with Gasteiger partial charge in [0.25, 0.3) is 0 Å². The van der Waals surface area contributed by atoms with E-state index in [1.807, 2.05) is 6.92 Å². The Bertz CT molecular complexity index is 136. The standard InChI is InChI=1S/C9H19NO2/c1-4-5-6-10-8(3)7(2)9(11)12/h7-8,10H,4-6H2,1-3H3,(H,11,12). The van der Waals surface area contributed by atoms with E-state index in [1.54, 1.807) is 6.92 Å². The predicted octanol–water partition coefficient (Wildman–Crippen LogP) is 1.49. The van der Waals surface area contributed by atoms with Crippen LogP contribution in [0.1, 0.15) is 33.6 Å². The summed E-state index contributed by atoms with van der Waals surface area (Å²) < 4.78 is 0. The van der Waals surface area contributed by atoms with Gasteiger partial charge in [0.1, 0.15) is 0 Å². The van der Waals surface area contributed by atoms with Crippen molar-refractivity contribution in [2.24, 2.45) is 5.92 Å². The molecular weight excluding hydrogens is 154 g/mol. The number of hydrogen-bond donors (Lipinski definition) is 2. The van der Waals surface area contributed by atoms with E-state index < -0.39 is 5.97 Å². The van der Waals surface area contributed by atoms with Crippen molar-refractivity contribution in [3.63, 3.8) is 0 Å². The van der Waals surface area contributed by atoms with E-state index in [9.17, 15) is 4.79 Å². The number of unbranched alkanes of at least 4 members (excludes halogenated alkanes) is 1. The zero-order chi connectivity index (χ0) is 9.56. The first-order valence-corrected chi connectivity index (χ1v) is 4.55. The molecule has 0 amide bonds. The number of carbonyl (C=O) groups is 1. The number of rotatable bonds is 6. The molecule has 0 aliphatic rings. The molecule has 0 aliphatic carbocycles. The largest absolute Gasteiger partial charge is 0.481 e. The van der Waals surface area contributed by atoms with Crippen LogP contribution in [0.25, 0.3) is 0 Å². The van der Waals surface area contributed by atoms with Gasteiger partial charge in [-0.05, 0) is 19.9 Å². The minimum atomic E-state index is -0.730. The zero-order valence-electron chi connectivity index (χ0n) is 8.13. The van der Waals surface area contributed by atoms with Crippen LogP contribution < -0.4 is 5.32 Å². The maximum atomic E-state index is 10.5. The molecule has 2 N–H and O–H groups in total. The molecule has 3 heteroatoms. The van der Waals surface area contributed by atoms with Gasteiger partial charge in [-0.25, -0.2) is 0 Å². The summed E-state index contributed by atoms with van der Waals surface area (Å²) in [6.45, 7) is 6.67. The highest BCUT2D eigenvalue weighted by Gasteiger charge is 2.17. The molecule has 0 aliphatic heterocycles. The Balaban J connectivity index is 3.56. The van der Waals surface area contributed by atoms with Gasteiger partial charge in [-0.15, -0.1) is 0 Å². The number of carboxylic acid groups (broad SMARTS) is 1. The fourth-order valence-electron chi connectivity index (χ4n) is 0.897. The van der Waals surface area contributed by atoms with E-state index in [0.29, 0.717) is 0 Å². The van der Waals surface area contributed by atoms with Gasteiger partial charge in [0.2, 0.25) is 0 Å². The highest BCUT2D eigenvalue weighted by Crippen LogP contribution is 2.02. The van der Waals surface area contributed by atoms with Gasteiger partial charge in [-0.3, -0.25) is 4.79 Å². The first kappa shape index (κ1) is 11.4. The van der Waals surface area contributed by atoms with Gasteiger partial charge in [0, 0.05) is 6.04 Å². The lowest BCUT2D eigenvalue weighted by atomic mass is 10.0. The number of hydrogen-bond acceptors (Lipinski definition) is 2. The Kier molecular flexibility index (Phi) is 5.72. The summed E-state index contributed by atoms with van der Waals surface area (Å²) in [7, 11) is 0. The third-order valence-electron chi connectivity index (χ3n) is 2.14. The third-order valence-corrected chi connectivity index (χ3v) is 2.14. The molecule has 0 saturated heterocycles. The summed E-state index contributed by atoms with van der Waals surface area (Å²) in [6, 6.07) is 0.0639. The Morgan fingerprint density at radius 3 is 2.50 bits per heavy atom. The van der Waals surface area contributed by atoms with Crippen molar-refractivity contribution in [2.75, 3.05) is 6.54 Å². The van der Waals surface area contributed by atoms with Crippen LogP contribution >= 0.6 is 0 Å². The van der Waals surface area contributed by atoms with Crippen molar-refractivity contribution in [3.8, 4) is 0 Å². The second-order valence-corrected chi connectivity index (χ2v) is 3.22. The fourth-order valence-corrected chi connectivity index (χ4v) is 0.897. The van der Waals surface area contributed by atoms with Crippen molar-refractivity contribution in [3.05, 3.63) is 0 Å². The maximum absolute atomic E-state index is 10.5. The number of nitrogens with one attached hydrogen (secondary N) is 1. The van der Waals surface area contributed by atoms with Crippen molar-refractivity contribution >= 4 is 5.97 Å². The summed E-state index contributed by atoms with van der Waals surface area (Å²) in [6.07, 6.45) is 2.25.